The monoisotopic (exact) mass is 240 g/mol. The van der Waals surface area contributed by atoms with Crippen molar-refractivity contribution in [3.05, 3.63) is 18.0 Å². The second kappa shape index (κ2) is 6.17. The number of hydrogen-bond donors (Lipinski definition) is 1. The van der Waals surface area contributed by atoms with Crippen molar-refractivity contribution in [2.75, 3.05) is 6.61 Å². The third-order valence-corrected chi connectivity index (χ3v) is 3.48. The average Bonchev–Trinajstić information content (AvgIpc) is 2.72. The Kier molecular flexibility index (Phi) is 5.15. The number of aromatic nitrogens is 2. The summed E-state index contributed by atoms with van der Waals surface area (Å²) in [4.78, 5) is 0. The predicted octanol–water partition coefficient (Wildman–Crippen LogP) is 1.92. The van der Waals surface area contributed by atoms with Crippen molar-refractivity contribution in [3.8, 4) is 0 Å². The summed E-state index contributed by atoms with van der Waals surface area (Å²) in [6.45, 7) is 6.61. The van der Waals surface area contributed by atoms with Gasteiger partial charge in [-0.05, 0) is 39.2 Å². The van der Waals surface area contributed by atoms with Gasteiger partial charge in [-0.1, -0.05) is 6.92 Å². The summed E-state index contributed by atoms with van der Waals surface area (Å²) >= 11 is 0. The average molecular weight is 240 g/mol. The van der Waals surface area contributed by atoms with E-state index in [0.29, 0.717) is 13.0 Å². The van der Waals surface area contributed by atoms with Crippen LogP contribution in [0.1, 0.15) is 39.3 Å². The van der Waals surface area contributed by atoms with E-state index in [2.05, 4.69) is 5.10 Å². The molecule has 17 heavy (non-hydrogen) atoms. The van der Waals surface area contributed by atoms with E-state index in [0.717, 1.165) is 18.5 Å². The molecule has 0 fully saturated rings. The first kappa shape index (κ1) is 14.2. The summed E-state index contributed by atoms with van der Waals surface area (Å²) in [6, 6.07) is 1.98. The number of ether oxygens (including phenoxy) is 1. The Hall–Kier alpha value is -0.870. The normalized spacial score (nSPS) is 16.8. The zero-order valence-electron chi connectivity index (χ0n) is 11.3. The fraction of sp³-hybridized carbons (Fsp3) is 0.769. The summed E-state index contributed by atoms with van der Waals surface area (Å²) in [5, 5.41) is 14.4. The molecule has 2 unspecified atom stereocenters. The van der Waals surface area contributed by atoms with Gasteiger partial charge in [-0.25, -0.2) is 0 Å². The highest BCUT2D eigenvalue weighted by Crippen LogP contribution is 2.23. The van der Waals surface area contributed by atoms with Crippen LogP contribution in [0.3, 0.4) is 0 Å². The van der Waals surface area contributed by atoms with Crippen molar-refractivity contribution >= 4 is 0 Å². The van der Waals surface area contributed by atoms with E-state index in [-0.39, 0.29) is 0 Å². The molecular formula is C13H24N2O2. The number of aryl methyl sites for hydroxylation is 2. The van der Waals surface area contributed by atoms with Crippen LogP contribution in [0, 0.1) is 0 Å². The molecule has 2 atom stereocenters. The van der Waals surface area contributed by atoms with Gasteiger partial charge in [-0.3, -0.25) is 4.68 Å². The minimum Gasteiger partial charge on any atom is -0.390 e. The molecule has 1 rings (SSSR count). The molecule has 0 amide bonds. The van der Waals surface area contributed by atoms with Gasteiger partial charge in [0.15, 0.2) is 0 Å². The van der Waals surface area contributed by atoms with E-state index in [1.807, 2.05) is 38.6 Å². The Labute approximate surface area is 104 Å². The summed E-state index contributed by atoms with van der Waals surface area (Å²) in [5.41, 5.74) is 0.701. The molecule has 1 aromatic rings. The van der Waals surface area contributed by atoms with E-state index in [1.165, 1.54) is 0 Å². The maximum atomic E-state index is 10.2. The Balaban J connectivity index is 2.53. The van der Waals surface area contributed by atoms with Crippen LogP contribution in [-0.4, -0.2) is 33.2 Å². The number of rotatable bonds is 7. The Morgan fingerprint density at radius 2 is 2.24 bits per heavy atom. The summed E-state index contributed by atoms with van der Waals surface area (Å²) in [6.07, 6.45) is 3.67. The molecule has 4 heteroatoms. The summed E-state index contributed by atoms with van der Waals surface area (Å²) < 4.78 is 7.51. The van der Waals surface area contributed by atoms with Gasteiger partial charge in [0.05, 0.1) is 11.7 Å². The molecule has 0 saturated carbocycles. The smallest absolute Gasteiger partial charge is 0.0909 e. The molecule has 0 spiro atoms. The van der Waals surface area contributed by atoms with Crippen molar-refractivity contribution in [2.24, 2.45) is 7.05 Å². The van der Waals surface area contributed by atoms with Gasteiger partial charge in [0.2, 0.25) is 0 Å². The maximum Gasteiger partial charge on any atom is 0.0909 e. The van der Waals surface area contributed by atoms with Crippen molar-refractivity contribution < 1.29 is 9.84 Å². The van der Waals surface area contributed by atoms with E-state index < -0.39 is 11.7 Å². The molecule has 1 aromatic heterocycles. The van der Waals surface area contributed by atoms with Gasteiger partial charge in [-0.2, -0.15) is 5.10 Å². The molecule has 1 heterocycles. The lowest BCUT2D eigenvalue weighted by atomic mass is 9.92. The minimum absolute atomic E-state index is 0.437. The van der Waals surface area contributed by atoms with E-state index in [4.69, 9.17) is 4.74 Å². The second-order valence-electron chi connectivity index (χ2n) is 4.60. The van der Waals surface area contributed by atoms with Crippen LogP contribution >= 0.6 is 0 Å². The van der Waals surface area contributed by atoms with Crippen LogP contribution in [-0.2, 0) is 18.2 Å². The van der Waals surface area contributed by atoms with Gasteiger partial charge in [0.1, 0.15) is 0 Å². The molecule has 0 radical (unpaired) electrons. The maximum absolute atomic E-state index is 10.2. The van der Waals surface area contributed by atoms with Crippen molar-refractivity contribution in [2.45, 2.75) is 51.7 Å². The van der Waals surface area contributed by atoms with E-state index in [9.17, 15) is 5.11 Å². The van der Waals surface area contributed by atoms with Crippen LogP contribution in [0.4, 0.5) is 0 Å². The number of hydrogen-bond acceptors (Lipinski definition) is 3. The fourth-order valence-corrected chi connectivity index (χ4v) is 2.00. The van der Waals surface area contributed by atoms with E-state index in [1.54, 1.807) is 6.20 Å². The molecule has 0 aliphatic rings. The summed E-state index contributed by atoms with van der Waals surface area (Å²) in [5.74, 6) is 0. The van der Waals surface area contributed by atoms with Gasteiger partial charge in [0.25, 0.3) is 0 Å². The number of aliphatic hydroxyl groups excluding tert-OH is 1. The highest BCUT2D eigenvalue weighted by Gasteiger charge is 2.31. The fourth-order valence-electron chi connectivity index (χ4n) is 2.00. The molecule has 1 N–H and O–H groups in total. The van der Waals surface area contributed by atoms with Crippen LogP contribution < -0.4 is 0 Å². The first-order valence-corrected chi connectivity index (χ1v) is 6.32. The van der Waals surface area contributed by atoms with Crippen LogP contribution in [0.2, 0.25) is 0 Å². The highest BCUT2D eigenvalue weighted by atomic mass is 16.5. The van der Waals surface area contributed by atoms with Gasteiger partial charge < -0.3 is 9.84 Å². The van der Waals surface area contributed by atoms with Crippen molar-refractivity contribution in [1.82, 2.24) is 9.78 Å². The predicted molar refractivity (Wildman–Crippen MR) is 67.9 cm³/mol. The Morgan fingerprint density at radius 1 is 1.53 bits per heavy atom. The Bertz CT molecular complexity index is 338. The van der Waals surface area contributed by atoms with Crippen molar-refractivity contribution in [1.29, 1.82) is 0 Å². The zero-order chi connectivity index (χ0) is 12.9. The SMILES string of the molecule is CCOC(C)(CC)C(O)CCc1ccnn1C. The van der Waals surface area contributed by atoms with Crippen LogP contribution in [0.15, 0.2) is 12.3 Å². The molecule has 0 bridgehead atoms. The second-order valence-corrected chi connectivity index (χ2v) is 4.60. The van der Waals surface area contributed by atoms with Crippen LogP contribution in [0.25, 0.3) is 0 Å². The number of nitrogens with zero attached hydrogens (tertiary/aromatic N) is 2. The molecule has 0 saturated heterocycles. The lowest BCUT2D eigenvalue weighted by Crippen LogP contribution is -2.42. The topological polar surface area (TPSA) is 47.3 Å². The van der Waals surface area contributed by atoms with Gasteiger partial charge >= 0.3 is 0 Å². The van der Waals surface area contributed by atoms with Gasteiger partial charge in [0, 0.05) is 25.5 Å². The first-order valence-electron chi connectivity index (χ1n) is 6.32. The third-order valence-electron chi connectivity index (χ3n) is 3.48. The standard InChI is InChI=1S/C13H24N2O2/c1-5-13(3,17-6-2)12(16)8-7-11-9-10-14-15(11)4/h9-10,12,16H,5-8H2,1-4H3. The van der Waals surface area contributed by atoms with Crippen molar-refractivity contribution in [3.63, 3.8) is 0 Å². The molecule has 4 nitrogen and oxygen atoms in total. The quantitative estimate of drug-likeness (QED) is 0.792. The zero-order valence-corrected chi connectivity index (χ0v) is 11.3. The molecule has 0 aliphatic heterocycles. The highest BCUT2D eigenvalue weighted by molar-refractivity contribution is 5.01. The lowest BCUT2D eigenvalue weighted by molar-refractivity contribution is -0.113. The molecule has 98 valence electrons. The van der Waals surface area contributed by atoms with Gasteiger partial charge in [-0.15, -0.1) is 0 Å². The lowest BCUT2D eigenvalue weighted by Gasteiger charge is -2.33. The largest absolute Gasteiger partial charge is 0.390 e. The molecular weight excluding hydrogens is 216 g/mol. The first-order chi connectivity index (χ1) is 8.03. The van der Waals surface area contributed by atoms with E-state index >= 15 is 0 Å². The van der Waals surface area contributed by atoms with Crippen LogP contribution in [0.5, 0.6) is 0 Å². The molecule has 0 aliphatic carbocycles. The number of aliphatic hydroxyl groups is 1. The Morgan fingerprint density at radius 3 is 2.71 bits per heavy atom. The summed E-state index contributed by atoms with van der Waals surface area (Å²) in [7, 11) is 1.92. The third kappa shape index (κ3) is 3.54. The molecule has 0 aromatic carbocycles. The minimum atomic E-state index is -0.442.